The van der Waals surface area contributed by atoms with Crippen molar-refractivity contribution in [2.24, 2.45) is 23.7 Å². The second kappa shape index (κ2) is 21.8. The van der Waals surface area contributed by atoms with Gasteiger partial charge in [0.25, 0.3) is 0 Å². The van der Waals surface area contributed by atoms with Gasteiger partial charge in [-0.15, -0.1) is 11.3 Å². The van der Waals surface area contributed by atoms with Crippen LogP contribution in [0.25, 0.3) is 0 Å². The molecule has 3 rings (SSSR count). The van der Waals surface area contributed by atoms with Crippen LogP contribution in [0.5, 0.6) is 5.75 Å². The van der Waals surface area contributed by atoms with Crippen molar-refractivity contribution in [1.82, 2.24) is 30.3 Å². The molecule has 3 N–H and O–H groups in total. The predicted octanol–water partition coefficient (Wildman–Crippen LogP) is 4.90. The lowest BCUT2D eigenvalue weighted by Gasteiger charge is -2.41. The highest BCUT2D eigenvalue weighted by atomic mass is 32.1. The Hall–Kier alpha value is -3.59. The van der Waals surface area contributed by atoms with E-state index in [1.807, 2.05) is 83.0 Å². The molecule has 56 heavy (non-hydrogen) atoms. The third kappa shape index (κ3) is 12.0. The number of carbonyl (C=O) groups excluding carboxylic acids is 4. The molecular weight excluding hydrogens is 733 g/mol. The van der Waals surface area contributed by atoms with Crippen LogP contribution < -0.4 is 10.6 Å². The third-order valence-electron chi connectivity index (χ3n) is 11.4. The van der Waals surface area contributed by atoms with Crippen LogP contribution in [0.2, 0.25) is 0 Å². The molecule has 14 heteroatoms. The van der Waals surface area contributed by atoms with Crippen molar-refractivity contribution in [3.63, 3.8) is 0 Å². The van der Waals surface area contributed by atoms with Crippen molar-refractivity contribution in [3.8, 4) is 5.75 Å². The van der Waals surface area contributed by atoms with E-state index in [2.05, 4.69) is 22.5 Å². The number of thiazole rings is 1. The molecule has 1 saturated heterocycles. The Morgan fingerprint density at radius 1 is 0.964 bits per heavy atom. The van der Waals surface area contributed by atoms with Crippen molar-refractivity contribution in [3.05, 3.63) is 46.4 Å². The van der Waals surface area contributed by atoms with Crippen molar-refractivity contribution in [2.45, 2.75) is 123 Å². The number of nitrogens with one attached hydrogen (secondary N) is 2. The monoisotopic (exact) mass is 800 g/mol. The van der Waals surface area contributed by atoms with E-state index in [0.29, 0.717) is 19.4 Å². The zero-order valence-corrected chi connectivity index (χ0v) is 36.5. The third-order valence-corrected chi connectivity index (χ3v) is 12.3. The van der Waals surface area contributed by atoms with Gasteiger partial charge >= 0.3 is 0 Å². The number of phenols is 1. The number of hydrogen-bond donors (Lipinski definition) is 3. The number of ether oxygens (including phenoxy) is 2. The van der Waals surface area contributed by atoms with Crippen LogP contribution in [0.15, 0.2) is 35.8 Å². The molecular formula is C42H68N6O7S. The molecule has 1 aliphatic rings. The summed E-state index contributed by atoms with van der Waals surface area (Å²) in [6.07, 6.45) is 3.21. The van der Waals surface area contributed by atoms with Gasteiger partial charge in [0.1, 0.15) is 16.8 Å². The molecule has 1 aliphatic heterocycles. The summed E-state index contributed by atoms with van der Waals surface area (Å²) in [6, 6.07) is 4.56. The fourth-order valence-electron chi connectivity index (χ4n) is 8.19. The van der Waals surface area contributed by atoms with Gasteiger partial charge in [-0.05, 0) is 68.8 Å². The number of aromatic nitrogens is 1. The zero-order valence-electron chi connectivity index (χ0n) is 35.7. The number of rotatable bonds is 21. The lowest BCUT2D eigenvalue weighted by atomic mass is 9.89. The summed E-state index contributed by atoms with van der Waals surface area (Å²) in [6.45, 7) is 14.2. The summed E-state index contributed by atoms with van der Waals surface area (Å²) in [5.74, 6) is -1.34. The van der Waals surface area contributed by atoms with Crippen molar-refractivity contribution < 1.29 is 33.8 Å². The van der Waals surface area contributed by atoms with E-state index in [1.165, 1.54) is 11.3 Å². The molecule has 1 aromatic heterocycles. The smallest absolute Gasteiger partial charge is 0.245 e. The van der Waals surface area contributed by atoms with Crippen LogP contribution in [-0.2, 0) is 35.1 Å². The highest BCUT2D eigenvalue weighted by molar-refractivity contribution is 7.09. The van der Waals surface area contributed by atoms with E-state index in [1.54, 1.807) is 44.5 Å². The molecule has 0 bridgehead atoms. The number of aromatic hydroxyl groups is 1. The normalized spacial score (nSPS) is 18.9. The number of phenolic OH excluding ortho intramolecular Hbond substituents is 1. The largest absolute Gasteiger partial charge is 0.508 e. The second-order valence-electron chi connectivity index (χ2n) is 16.3. The molecule has 1 fully saturated rings. The maximum Gasteiger partial charge on any atom is 0.245 e. The maximum absolute atomic E-state index is 14.3. The number of likely N-dealkylation sites (tertiary alicyclic amines) is 1. The van der Waals surface area contributed by atoms with Crippen LogP contribution >= 0.6 is 11.3 Å². The SMILES string of the molecule is CC[C@H](C)[C@@H]([C@@H](CC(=O)N1CCC[C@H]1[C@H](OC)[C@@H](C)C(=O)N[C@@H](Cc1ccc(O)cc1)c1nccs1)OC)N(C)C(=O)[C@@H](NC(=O)[C@H](C(C)C)N(C)C)C(C)C. The number of likely N-dealkylation sites (N-methyl/N-ethyl adjacent to an activating group) is 2. The Kier molecular flexibility index (Phi) is 18.2. The molecule has 0 saturated carbocycles. The fraction of sp³-hybridized carbons (Fsp3) is 0.690. The molecule has 2 aromatic rings. The van der Waals surface area contributed by atoms with E-state index in [-0.39, 0.29) is 65.6 Å². The molecule has 9 atom stereocenters. The zero-order chi connectivity index (χ0) is 41.9. The molecule has 1 aromatic carbocycles. The number of amides is 4. The molecule has 2 heterocycles. The van der Waals surface area contributed by atoms with Gasteiger partial charge < -0.3 is 35.0 Å². The van der Waals surface area contributed by atoms with E-state index in [4.69, 9.17) is 9.47 Å². The molecule has 0 unspecified atom stereocenters. The molecule has 0 spiro atoms. The van der Waals surface area contributed by atoms with Crippen LogP contribution in [0.1, 0.15) is 90.8 Å². The second-order valence-corrected chi connectivity index (χ2v) is 17.2. The summed E-state index contributed by atoms with van der Waals surface area (Å²) in [5.41, 5.74) is 0.941. The van der Waals surface area contributed by atoms with Crippen LogP contribution in [-0.4, -0.2) is 127 Å². The van der Waals surface area contributed by atoms with Crippen LogP contribution in [0.4, 0.5) is 0 Å². The maximum atomic E-state index is 14.3. The Balaban J connectivity index is 1.79. The number of carbonyl (C=O) groups is 4. The van der Waals surface area contributed by atoms with E-state index < -0.39 is 36.3 Å². The molecule has 13 nitrogen and oxygen atoms in total. The number of methoxy groups -OCH3 is 2. The first-order valence-electron chi connectivity index (χ1n) is 20.0. The number of hydrogen-bond acceptors (Lipinski definition) is 10. The number of nitrogens with zero attached hydrogens (tertiary/aromatic N) is 4. The first-order chi connectivity index (χ1) is 26.5. The van der Waals surface area contributed by atoms with Gasteiger partial charge in [-0.1, -0.05) is 67.0 Å². The lowest BCUT2D eigenvalue weighted by molar-refractivity contribution is -0.148. The van der Waals surface area contributed by atoms with Gasteiger partial charge in [-0.3, -0.25) is 24.1 Å². The van der Waals surface area contributed by atoms with Crippen molar-refractivity contribution in [2.75, 3.05) is 41.9 Å². The minimum absolute atomic E-state index is 0.0208. The first-order valence-corrected chi connectivity index (χ1v) is 20.9. The molecule has 314 valence electrons. The first kappa shape index (κ1) is 46.8. The Bertz CT molecular complexity index is 1530. The summed E-state index contributed by atoms with van der Waals surface area (Å²) in [5, 5.41) is 18.6. The van der Waals surface area contributed by atoms with Gasteiger partial charge in [0.15, 0.2) is 0 Å². The van der Waals surface area contributed by atoms with E-state index in [0.717, 1.165) is 23.4 Å². The summed E-state index contributed by atoms with van der Waals surface area (Å²) < 4.78 is 12.1. The standard InChI is InChI=1S/C42H68N6O7S/c1-13-27(6)37(47(10)42(53)35(25(2)3)45-40(52)36(26(4)5)46(8)9)33(54-11)24-34(50)48-21-14-15-32(48)38(55-12)28(7)39(51)44-31(41-43-20-22-56-41)23-29-16-18-30(49)19-17-29/h16-20,22,25-28,31-33,35-38,49H,13-15,21,23-24H2,1-12H3,(H,44,51)(H,45,52)/t27-,28+,31-,32-,33+,35-,36-,37-,38+/m0/s1. The molecule has 4 amide bonds. The average Bonchev–Trinajstić information content (AvgIpc) is 3.87. The molecule has 0 radical (unpaired) electrons. The lowest BCUT2D eigenvalue weighted by Crippen LogP contribution is -2.59. The Labute approximate surface area is 338 Å². The topological polar surface area (TPSA) is 154 Å². The molecule has 0 aliphatic carbocycles. The van der Waals surface area contributed by atoms with Gasteiger partial charge in [0.2, 0.25) is 23.6 Å². The minimum Gasteiger partial charge on any atom is -0.508 e. The highest BCUT2D eigenvalue weighted by Gasteiger charge is 2.43. The van der Waals surface area contributed by atoms with Crippen LogP contribution in [0, 0.1) is 23.7 Å². The predicted molar refractivity (Wildman–Crippen MR) is 220 cm³/mol. The van der Waals surface area contributed by atoms with Gasteiger partial charge in [-0.2, -0.15) is 0 Å². The van der Waals surface area contributed by atoms with Gasteiger partial charge in [0, 0.05) is 39.4 Å². The van der Waals surface area contributed by atoms with Crippen molar-refractivity contribution in [1.29, 1.82) is 0 Å². The van der Waals surface area contributed by atoms with E-state index >= 15 is 0 Å². The Morgan fingerprint density at radius 2 is 1.62 bits per heavy atom. The highest BCUT2D eigenvalue weighted by Crippen LogP contribution is 2.31. The van der Waals surface area contributed by atoms with E-state index in [9.17, 15) is 24.3 Å². The van der Waals surface area contributed by atoms with Gasteiger partial charge in [-0.25, -0.2) is 4.98 Å². The average molecular weight is 801 g/mol. The van der Waals surface area contributed by atoms with Crippen molar-refractivity contribution >= 4 is 35.0 Å². The van der Waals surface area contributed by atoms with Crippen LogP contribution in [0.3, 0.4) is 0 Å². The minimum atomic E-state index is -0.761. The Morgan fingerprint density at radius 3 is 2.14 bits per heavy atom. The number of benzene rings is 1. The summed E-state index contributed by atoms with van der Waals surface area (Å²) in [7, 11) is 8.60. The summed E-state index contributed by atoms with van der Waals surface area (Å²) >= 11 is 1.46. The van der Waals surface area contributed by atoms with Gasteiger partial charge in [0.05, 0.1) is 48.7 Å². The summed E-state index contributed by atoms with van der Waals surface area (Å²) in [4.78, 5) is 65.8. The fourth-order valence-corrected chi connectivity index (χ4v) is 8.88. The quantitative estimate of drug-likeness (QED) is 0.160.